The number of carbonyl (C=O) groups excluding carboxylic acids is 1. The van der Waals surface area contributed by atoms with Gasteiger partial charge in [0.25, 0.3) is 10.1 Å². The lowest BCUT2D eigenvalue weighted by Gasteiger charge is -2.07. The number of hydrogen-bond donors (Lipinski definition) is 3. The van der Waals surface area contributed by atoms with Crippen molar-refractivity contribution < 1.29 is 17.8 Å². The highest BCUT2D eigenvalue weighted by atomic mass is 32.2. The molecule has 0 saturated carbocycles. The summed E-state index contributed by atoms with van der Waals surface area (Å²) in [7, 11) is -3.96. The summed E-state index contributed by atoms with van der Waals surface area (Å²) in [5.41, 5.74) is 1.75. The average Bonchev–Trinajstić information content (AvgIpc) is 2.26. The van der Waals surface area contributed by atoms with E-state index in [9.17, 15) is 13.2 Å². The van der Waals surface area contributed by atoms with E-state index in [0.29, 0.717) is 5.69 Å². The number of aryl methyl sites for hydroxylation is 1. The van der Waals surface area contributed by atoms with Gasteiger partial charge in [0.05, 0.1) is 5.75 Å². The minimum absolute atomic E-state index is 0.167. The summed E-state index contributed by atoms with van der Waals surface area (Å²) < 4.78 is 29.3. The molecular formula is C11H16N2O4S. The molecule has 0 atom stereocenters. The molecule has 7 heteroatoms. The second-order valence-corrected chi connectivity index (χ2v) is 5.46. The van der Waals surface area contributed by atoms with Crippen LogP contribution in [0.4, 0.5) is 10.5 Å². The molecule has 1 aromatic carbocycles. The van der Waals surface area contributed by atoms with Crippen LogP contribution in [0.2, 0.25) is 0 Å². The molecule has 100 valence electrons. The van der Waals surface area contributed by atoms with Crippen molar-refractivity contribution in [3.8, 4) is 0 Å². The van der Waals surface area contributed by atoms with Gasteiger partial charge in [-0.15, -0.1) is 0 Å². The molecule has 1 rings (SSSR count). The molecule has 0 aromatic heterocycles. The maximum atomic E-state index is 11.4. The first-order valence-corrected chi connectivity index (χ1v) is 7.04. The number of nitrogens with one attached hydrogen (secondary N) is 2. The molecule has 0 fully saturated rings. The summed E-state index contributed by atoms with van der Waals surface area (Å²) in [6, 6.07) is 6.87. The van der Waals surface area contributed by atoms with Gasteiger partial charge in [-0.05, 0) is 25.5 Å². The third-order valence-electron chi connectivity index (χ3n) is 2.17. The number of amides is 2. The summed E-state index contributed by atoms with van der Waals surface area (Å²) in [6.07, 6.45) is 0.167. The Hall–Kier alpha value is -1.60. The molecule has 1 aromatic rings. The zero-order valence-electron chi connectivity index (χ0n) is 10.0. The van der Waals surface area contributed by atoms with Gasteiger partial charge in [0.1, 0.15) is 0 Å². The van der Waals surface area contributed by atoms with E-state index >= 15 is 0 Å². The van der Waals surface area contributed by atoms with Crippen LogP contribution in [0.3, 0.4) is 0 Å². The van der Waals surface area contributed by atoms with Crippen molar-refractivity contribution in [1.29, 1.82) is 0 Å². The summed E-state index contributed by atoms with van der Waals surface area (Å²) in [6.45, 7) is 2.12. The standard InChI is InChI=1S/C11H16N2O4S/c1-9-3-5-10(6-4-9)13-11(14)12-7-2-8-18(15,16)17/h3-6H,2,7-8H2,1H3,(H2,12,13,14)(H,15,16,17). The minimum Gasteiger partial charge on any atom is -0.338 e. The highest BCUT2D eigenvalue weighted by molar-refractivity contribution is 7.85. The molecule has 0 bridgehead atoms. The van der Waals surface area contributed by atoms with E-state index in [1.54, 1.807) is 12.1 Å². The van der Waals surface area contributed by atoms with Crippen molar-refractivity contribution in [1.82, 2.24) is 5.32 Å². The third kappa shape index (κ3) is 6.21. The van der Waals surface area contributed by atoms with Gasteiger partial charge in [-0.2, -0.15) is 8.42 Å². The molecule has 3 N–H and O–H groups in total. The summed E-state index contributed by atoms with van der Waals surface area (Å²) >= 11 is 0. The van der Waals surface area contributed by atoms with Gasteiger partial charge in [-0.25, -0.2) is 4.79 Å². The fraction of sp³-hybridized carbons (Fsp3) is 0.364. The lowest BCUT2D eigenvalue weighted by atomic mass is 10.2. The van der Waals surface area contributed by atoms with Crippen molar-refractivity contribution in [3.63, 3.8) is 0 Å². The first-order chi connectivity index (χ1) is 8.37. The summed E-state index contributed by atoms with van der Waals surface area (Å²) in [4.78, 5) is 11.4. The van der Waals surface area contributed by atoms with Crippen LogP contribution in [0.15, 0.2) is 24.3 Å². The van der Waals surface area contributed by atoms with Crippen LogP contribution in [-0.4, -0.2) is 31.3 Å². The van der Waals surface area contributed by atoms with Gasteiger partial charge in [0, 0.05) is 12.2 Å². The number of anilines is 1. The van der Waals surface area contributed by atoms with E-state index in [2.05, 4.69) is 10.6 Å². The molecular weight excluding hydrogens is 256 g/mol. The van der Waals surface area contributed by atoms with Gasteiger partial charge >= 0.3 is 6.03 Å². The molecule has 0 saturated heterocycles. The van der Waals surface area contributed by atoms with Crippen molar-refractivity contribution in [3.05, 3.63) is 29.8 Å². The van der Waals surface area contributed by atoms with E-state index in [1.807, 2.05) is 19.1 Å². The van der Waals surface area contributed by atoms with Crippen molar-refractivity contribution >= 4 is 21.8 Å². The molecule has 2 amide bonds. The van der Waals surface area contributed by atoms with Crippen LogP contribution >= 0.6 is 0 Å². The maximum absolute atomic E-state index is 11.4. The number of urea groups is 1. The van der Waals surface area contributed by atoms with E-state index in [0.717, 1.165) is 5.56 Å². The number of hydrogen-bond acceptors (Lipinski definition) is 3. The second kappa shape index (κ2) is 6.36. The minimum atomic E-state index is -3.96. The molecule has 0 radical (unpaired) electrons. The highest BCUT2D eigenvalue weighted by Crippen LogP contribution is 2.07. The van der Waals surface area contributed by atoms with Gasteiger partial charge in [-0.3, -0.25) is 4.55 Å². The first-order valence-electron chi connectivity index (χ1n) is 5.43. The fourth-order valence-electron chi connectivity index (χ4n) is 1.27. The van der Waals surface area contributed by atoms with E-state index in [-0.39, 0.29) is 18.7 Å². The van der Waals surface area contributed by atoms with Crippen LogP contribution in [0.1, 0.15) is 12.0 Å². The second-order valence-electron chi connectivity index (χ2n) is 3.89. The quantitative estimate of drug-likeness (QED) is 0.557. The Bertz CT molecular complexity index is 496. The van der Waals surface area contributed by atoms with Crippen LogP contribution in [0.25, 0.3) is 0 Å². The molecule has 0 heterocycles. The highest BCUT2D eigenvalue weighted by Gasteiger charge is 2.05. The first kappa shape index (κ1) is 14.5. The average molecular weight is 272 g/mol. The van der Waals surface area contributed by atoms with Gasteiger partial charge < -0.3 is 10.6 Å². The molecule has 6 nitrogen and oxygen atoms in total. The number of benzene rings is 1. The van der Waals surface area contributed by atoms with Gasteiger partial charge in [0.15, 0.2) is 0 Å². The lowest BCUT2D eigenvalue weighted by molar-refractivity contribution is 0.252. The molecule has 18 heavy (non-hydrogen) atoms. The Morgan fingerprint density at radius 1 is 1.28 bits per heavy atom. The van der Waals surface area contributed by atoms with Gasteiger partial charge in [-0.1, -0.05) is 17.7 Å². The Kier molecular flexibility index (Phi) is 5.11. The maximum Gasteiger partial charge on any atom is 0.319 e. The predicted octanol–water partition coefficient (Wildman–Crippen LogP) is 1.39. The van der Waals surface area contributed by atoms with Crippen LogP contribution in [0, 0.1) is 6.92 Å². The predicted molar refractivity (Wildman–Crippen MR) is 69.2 cm³/mol. The van der Waals surface area contributed by atoms with Crippen LogP contribution < -0.4 is 10.6 Å². The SMILES string of the molecule is Cc1ccc(NC(=O)NCCCS(=O)(=O)O)cc1. The molecule has 0 aliphatic carbocycles. The number of rotatable bonds is 5. The summed E-state index contributed by atoms with van der Waals surface area (Å²) in [5.74, 6) is -0.363. The van der Waals surface area contributed by atoms with E-state index < -0.39 is 16.1 Å². The molecule has 0 unspecified atom stereocenters. The Balaban J connectivity index is 2.28. The van der Waals surface area contributed by atoms with Gasteiger partial charge in [0.2, 0.25) is 0 Å². The normalized spacial score (nSPS) is 11.0. The monoisotopic (exact) mass is 272 g/mol. The van der Waals surface area contributed by atoms with E-state index in [4.69, 9.17) is 4.55 Å². The fourth-order valence-corrected chi connectivity index (χ4v) is 1.78. The van der Waals surface area contributed by atoms with Crippen LogP contribution in [-0.2, 0) is 10.1 Å². The van der Waals surface area contributed by atoms with Crippen molar-refractivity contribution in [2.45, 2.75) is 13.3 Å². The molecule has 0 aliphatic rings. The van der Waals surface area contributed by atoms with Crippen molar-refractivity contribution in [2.24, 2.45) is 0 Å². The van der Waals surface area contributed by atoms with Crippen LogP contribution in [0.5, 0.6) is 0 Å². The van der Waals surface area contributed by atoms with E-state index in [1.165, 1.54) is 0 Å². The Morgan fingerprint density at radius 2 is 1.89 bits per heavy atom. The Labute approximate surface area is 106 Å². The molecule has 0 spiro atoms. The zero-order chi connectivity index (χ0) is 13.6. The third-order valence-corrected chi connectivity index (χ3v) is 2.98. The summed E-state index contributed by atoms with van der Waals surface area (Å²) in [5, 5.41) is 5.10. The Morgan fingerprint density at radius 3 is 2.44 bits per heavy atom. The topological polar surface area (TPSA) is 95.5 Å². The largest absolute Gasteiger partial charge is 0.338 e. The lowest BCUT2D eigenvalue weighted by Crippen LogP contribution is -2.30. The molecule has 0 aliphatic heterocycles. The smallest absolute Gasteiger partial charge is 0.319 e. The zero-order valence-corrected chi connectivity index (χ0v) is 10.8. The number of carbonyl (C=O) groups is 1. The van der Waals surface area contributed by atoms with Crippen molar-refractivity contribution in [2.75, 3.05) is 17.6 Å².